The van der Waals surface area contributed by atoms with Crippen LogP contribution >= 0.6 is 15.9 Å². The van der Waals surface area contributed by atoms with E-state index in [1.165, 1.54) is 0 Å². The maximum atomic E-state index is 13.4. The number of nitrogens with two attached hydrogens (primary N) is 1. The van der Waals surface area contributed by atoms with E-state index >= 15 is 0 Å². The van der Waals surface area contributed by atoms with Gasteiger partial charge in [-0.3, -0.25) is 4.79 Å². The van der Waals surface area contributed by atoms with Crippen LogP contribution in [0.1, 0.15) is 16.1 Å². The van der Waals surface area contributed by atoms with E-state index in [9.17, 15) is 9.18 Å². The van der Waals surface area contributed by atoms with Crippen LogP contribution in [0.5, 0.6) is 0 Å². The molecule has 15 heavy (non-hydrogen) atoms. The molecule has 3 nitrogen and oxygen atoms in total. The number of aryl methyl sites for hydroxylation is 1. The lowest BCUT2D eigenvalue weighted by Crippen LogP contribution is -2.12. The number of amides is 1. The predicted molar refractivity (Wildman–Crippen MR) is 59.2 cm³/mol. The molecule has 0 fully saturated rings. The Balaban J connectivity index is 2.93. The lowest BCUT2D eigenvalue weighted by Gasteiger charge is -2.01. The van der Waals surface area contributed by atoms with E-state index in [0.717, 1.165) is 11.8 Å². The van der Waals surface area contributed by atoms with Gasteiger partial charge in [0.05, 0.1) is 15.6 Å². The SMILES string of the molecule is Cc1cc2c(Br)c(F)cc(C(N)=O)c2[nH]1. The number of fused-ring (bicyclic) bond motifs is 1. The number of hydrogen-bond acceptors (Lipinski definition) is 1. The quantitative estimate of drug-likeness (QED) is 0.822. The number of hydrogen-bond donors (Lipinski definition) is 2. The van der Waals surface area contributed by atoms with Crippen LogP contribution in [-0.4, -0.2) is 10.9 Å². The molecule has 0 aliphatic rings. The molecule has 1 heterocycles. The molecule has 0 radical (unpaired) electrons. The summed E-state index contributed by atoms with van der Waals surface area (Å²) in [4.78, 5) is 14.1. The number of benzene rings is 1. The Morgan fingerprint density at radius 2 is 2.20 bits per heavy atom. The Labute approximate surface area is 93.6 Å². The number of primary amides is 1. The van der Waals surface area contributed by atoms with Gasteiger partial charge >= 0.3 is 0 Å². The van der Waals surface area contributed by atoms with Gasteiger partial charge in [-0.15, -0.1) is 0 Å². The summed E-state index contributed by atoms with van der Waals surface area (Å²) in [5.74, 6) is -1.14. The van der Waals surface area contributed by atoms with Crippen LogP contribution in [0.4, 0.5) is 4.39 Å². The molecule has 78 valence electrons. The van der Waals surface area contributed by atoms with Gasteiger partial charge in [0, 0.05) is 11.1 Å². The lowest BCUT2D eigenvalue weighted by atomic mass is 10.1. The molecule has 0 spiro atoms. The van der Waals surface area contributed by atoms with Gasteiger partial charge in [-0.25, -0.2) is 4.39 Å². The molecule has 1 aromatic carbocycles. The van der Waals surface area contributed by atoms with Crippen LogP contribution in [0.2, 0.25) is 0 Å². The summed E-state index contributed by atoms with van der Waals surface area (Å²) < 4.78 is 13.7. The zero-order valence-electron chi connectivity index (χ0n) is 7.90. The van der Waals surface area contributed by atoms with E-state index in [2.05, 4.69) is 20.9 Å². The van der Waals surface area contributed by atoms with Crippen molar-refractivity contribution in [2.24, 2.45) is 5.73 Å². The molecule has 0 bridgehead atoms. The maximum Gasteiger partial charge on any atom is 0.250 e. The minimum Gasteiger partial charge on any atom is -0.366 e. The first-order valence-corrected chi connectivity index (χ1v) is 5.07. The molecular formula is C10H8BrFN2O. The van der Waals surface area contributed by atoms with Crippen molar-refractivity contribution in [3.63, 3.8) is 0 Å². The molecule has 0 saturated carbocycles. The second-order valence-electron chi connectivity index (χ2n) is 3.33. The number of H-pyrrole nitrogens is 1. The molecule has 1 aromatic heterocycles. The van der Waals surface area contributed by atoms with Gasteiger partial charge in [-0.1, -0.05) is 0 Å². The first kappa shape index (κ1) is 10.2. The summed E-state index contributed by atoms with van der Waals surface area (Å²) in [5, 5.41) is 0.626. The summed E-state index contributed by atoms with van der Waals surface area (Å²) in [7, 11) is 0. The summed E-state index contributed by atoms with van der Waals surface area (Å²) in [6, 6.07) is 2.89. The fraction of sp³-hybridized carbons (Fsp3) is 0.100. The molecule has 0 atom stereocenters. The van der Waals surface area contributed by atoms with Crippen LogP contribution < -0.4 is 5.73 Å². The normalized spacial score (nSPS) is 10.9. The molecule has 2 rings (SSSR count). The van der Waals surface area contributed by atoms with Crippen LogP contribution in [0, 0.1) is 12.7 Å². The molecule has 1 amide bonds. The van der Waals surface area contributed by atoms with Crippen molar-refractivity contribution in [1.82, 2.24) is 4.98 Å². The smallest absolute Gasteiger partial charge is 0.250 e. The molecular weight excluding hydrogens is 263 g/mol. The van der Waals surface area contributed by atoms with Crippen molar-refractivity contribution in [1.29, 1.82) is 0 Å². The fourth-order valence-electron chi connectivity index (χ4n) is 1.56. The Kier molecular flexibility index (Phi) is 2.26. The van der Waals surface area contributed by atoms with Gasteiger partial charge in [-0.2, -0.15) is 0 Å². The average Bonchev–Trinajstić information content (AvgIpc) is 2.53. The van der Waals surface area contributed by atoms with Crippen molar-refractivity contribution >= 4 is 32.7 Å². The van der Waals surface area contributed by atoms with Gasteiger partial charge in [0.2, 0.25) is 0 Å². The van der Waals surface area contributed by atoms with E-state index in [0.29, 0.717) is 15.4 Å². The van der Waals surface area contributed by atoms with E-state index in [-0.39, 0.29) is 5.56 Å². The van der Waals surface area contributed by atoms with Gasteiger partial charge in [-0.05, 0) is 35.0 Å². The topological polar surface area (TPSA) is 58.9 Å². The third-order valence-corrected chi connectivity index (χ3v) is 3.01. The van der Waals surface area contributed by atoms with Crippen LogP contribution in [0.25, 0.3) is 10.9 Å². The van der Waals surface area contributed by atoms with Crippen molar-refractivity contribution in [3.8, 4) is 0 Å². The highest BCUT2D eigenvalue weighted by Gasteiger charge is 2.15. The standard InChI is InChI=1S/C10H8BrFN2O/c1-4-2-5-8(11)7(12)3-6(10(13)15)9(5)14-4/h2-3,14H,1H3,(H2,13,15). The largest absolute Gasteiger partial charge is 0.366 e. The Bertz CT molecular complexity index is 562. The molecule has 0 unspecified atom stereocenters. The summed E-state index contributed by atoms with van der Waals surface area (Å²) in [6.45, 7) is 1.83. The minimum absolute atomic E-state index is 0.166. The minimum atomic E-state index is -0.645. The highest BCUT2D eigenvalue weighted by molar-refractivity contribution is 9.10. The van der Waals surface area contributed by atoms with Gasteiger partial charge in [0.15, 0.2) is 0 Å². The van der Waals surface area contributed by atoms with E-state index in [4.69, 9.17) is 5.73 Å². The summed E-state index contributed by atoms with van der Waals surface area (Å²) >= 11 is 3.13. The second kappa shape index (κ2) is 3.34. The van der Waals surface area contributed by atoms with Crippen LogP contribution in [0.3, 0.4) is 0 Å². The first-order chi connectivity index (χ1) is 7.00. The van der Waals surface area contributed by atoms with Crippen LogP contribution in [0.15, 0.2) is 16.6 Å². The number of nitrogens with one attached hydrogen (secondary N) is 1. The lowest BCUT2D eigenvalue weighted by molar-refractivity contribution is 0.100. The third-order valence-electron chi connectivity index (χ3n) is 2.20. The number of aromatic nitrogens is 1. The molecule has 3 N–H and O–H groups in total. The predicted octanol–water partition coefficient (Wildman–Crippen LogP) is 2.48. The zero-order chi connectivity index (χ0) is 11.2. The van der Waals surface area contributed by atoms with Gasteiger partial charge in [0.25, 0.3) is 5.91 Å². The Morgan fingerprint density at radius 1 is 1.53 bits per heavy atom. The molecule has 5 heteroatoms. The fourth-order valence-corrected chi connectivity index (χ4v) is 1.99. The average molecular weight is 271 g/mol. The highest BCUT2D eigenvalue weighted by atomic mass is 79.9. The monoisotopic (exact) mass is 270 g/mol. The number of rotatable bonds is 1. The third kappa shape index (κ3) is 1.52. The van der Waals surface area contributed by atoms with Crippen LogP contribution in [-0.2, 0) is 0 Å². The second-order valence-corrected chi connectivity index (χ2v) is 4.12. The van der Waals surface area contributed by atoms with Gasteiger partial charge in [0.1, 0.15) is 5.82 Å². The Hall–Kier alpha value is -1.36. The van der Waals surface area contributed by atoms with E-state index in [1.54, 1.807) is 6.07 Å². The van der Waals surface area contributed by atoms with E-state index < -0.39 is 11.7 Å². The van der Waals surface area contributed by atoms with Crippen molar-refractivity contribution in [3.05, 3.63) is 33.7 Å². The van der Waals surface area contributed by atoms with E-state index in [1.807, 2.05) is 6.92 Å². The molecule has 0 aliphatic heterocycles. The first-order valence-electron chi connectivity index (χ1n) is 4.28. The highest BCUT2D eigenvalue weighted by Crippen LogP contribution is 2.30. The number of carbonyl (C=O) groups is 1. The van der Waals surface area contributed by atoms with Crippen molar-refractivity contribution < 1.29 is 9.18 Å². The number of carbonyl (C=O) groups excluding carboxylic acids is 1. The molecule has 0 saturated heterocycles. The van der Waals surface area contributed by atoms with Gasteiger partial charge < -0.3 is 10.7 Å². The van der Waals surface area contributed by atoms with Crippen molar-refractivity contribution in [2.45, 2.75) is 6.92 Å². The summed E-state index contributed by atoms with van der Waals surface area (Å²) in [5.41, 5.74) is 6.74. The number of halogens is 2. The molecule has 0 aliphatic carbocycles. The summed E-state index contributed by atoms with van der Waals surface area (Å²) in [6.07, 6.45) is 0. The Morgan fingerprint density at radius 3 is 2.80 bits per heavy atom. The van der Waals surface area contributed by atoms with Crippen molar-refractivity contribution in [2.75, 3.05) is 0 Å². The molecule has 2 aromatic rings. The number of aromatic amines is 1. The maximum absolute atomic E-state index is 13.4. The zero-order valence-corrected chi connectivity index (χ0v) is 9.48.